The number of ether oxygens (including phenoxy) is 1. The molecule has 3 unspecified atom stereocenters. The number of nitrogens with one attached hydrogen (secondary N) is 1. The highest BCUT2D eigenvalue weighted by Gasteiger charge is 2.21. The van der Waals surface area contributed by atoms with Gasteiger partial charge in [0.05, 0.1) is 6.10 Å². The quantitative estimate of drug-likeness (QED) is 0.882. The number of benzene rings is 1. The zero-order valence-corrected chi connectivity index (χ0v) is 12.0. The molecule has 1 aromatic rings. The van der Waals surface area contributed by atoms with Gasteiger partial charge in [0, 0.05) is 18.7 Å². The Hall–Kier alpha value is -0.860. The lowest BCUT2D eigenvalue weighted by Gasteiger charge is -2.31. The maximum Gasteiger partial charge on any atom is 0.0561 e. The van der Waals surface area contributed by atoms with Crippen LogP contribution in [0.1, 0.15) is 49.4 Å². The van der Waals surface area contributed by atoms with Gasteiger partial charge in [0.1, 0.15) is 0 Å². The van der Waals surface area contributed by atoms with Gasteiger partial charge in [0.25, 0.3) is 0 Å². The van der Waals surface area contributed by atoms with Crippen molar-refractivity contribution < 1.29 is 4.74 Å². The van der Waals surface area contributed by atoms with Crippen molar-refractivity contribution in [3.8, 4) is 0 Å². The third-order valence-corrected chi connectivity index (χ3v) is 3.87. The third-order valence-electron chi connectivity index (χ3n) is 3.87. The fourth-order valence-electron chi connectivity index (χ4n) is 2.82. The highest BCUT2D eigenvalue weighted by molar-refractivity contribution is 5.32. The van der Waals surface area contributed by atoms with Gasteiger partial charge in [-0.1, -0.05) is 23.8 Å². The summed E-state index contributed by atoms with van der Waals surface area (Å²) in [6.45, 7) is 9.67. The average Bonchev–Trinajstić information content (AvgIpc) is 2.32. The zero-order chi connectivity index (χ0) is 13.1. The standard InChI is InChI=1S/C16H25NO/c1-11-5-6-12(2)16(9-11)14(4)17-15-7-8-18-13(3)10-15/h5-6,9,13-15,17H,7-8,10H2,1-4H3. The molecule has 18 heavy (non-hydrogen) atoms. The molecular formula is C16H25NO. The summed E-state index contributed by atoms with van der Waals surface area (Å²) in [5.41, 5.74) is 4.14. The molecular weight excluding hydrogens is 222 g/mol. The van der Waals surface area contributed by atoms with E-state index in [-0.39, 0.29) is 0 Å². The van der Waals surface area contributed by atoms with Crippen LogP contribution < -0.4 is 5.32 Å². The number of hydrogen-bond acceptors (Lipinski definition) is 2. The monoisotopic (exact) mass is 247 g/mol. The molecule has 1 heterocycles. The minimum atomic E-state index is 0.391. The molecule has 0 radical (unpaired) electrons. The molecule has 0 aliphatic carbocycles. The van der Waals surface area contributed by atoms with Gasteiger partial charge in [0.15, 0.2) is 0 Å². The summed E-state index contributed by atoms with van der Waals surface area (Å²) in [7, 11) is 0. The fourth-order valence-corrected chi connectivity index (χ4v) is 2.82. The molecule has 3 atom stereocenters. The highest BCUT2D eigenvalue weighted by atomic mass is 16.5. The van der Waals surface area contributed by atoms with E-state index in [4.69, 9.17) is 4.74 Å². The predicted octanol–water partition coefficient (Wildman–Crippen LogP) is 3.52. The van der Waals surface area contributed by atoms with Crippen LogP contribution in [0.25, 0.3) is 0 Å². The second-order valence-corrected chi connectivity index (χ2v) is 5.65. The fraction of sp³-hybridized carbons (Fsp3) is 0.625. The molecule has 1 aliphatic rings. The molecule has 2 rings (SSSR count). The van der Waals surface area contributed by atoms with E-state index in [1.807, 2.05) is 0 Å². The molecule has 1 N–H and O–H groups in total. The van der Waals surface area contributed by atoms with E-state index in [9.17, 15) is 0 Å². The molecule has 2 heteroatoms. The Bertz CT molecular complexity index is 402. The van der Waals surface area contributed by atoms with Gasteiger partial charge in [0.2, 0.25) is 0 Å². The van der Waals surface area contributed by atoms with E-state index in [1.54, 1.807) is 0 Å². The van der Waals surface area contributed by atoms with Crippen molar-refractivity contribution >= 4 is 0 Å². The second-order valence-electron chi connectivity index (χ2n) is 5.65. The normalized spacial score (nSPS) is 26.0. The van der Waals surface area contributed by atoms with Crippen LogP contribution in [-0.4, -0.2) is 18.8 Å². The molecule has 100 valence electrons. The van der Waals surface area contributed by atoms with E-state index in [0.717, 1.165) is 19.4 Å². The Kier molecular flexibility index (Phi) is 4.41. The van der Waals surface area contributed by atoms with E-state index in [0.29, 0.717) is 18.2 Å². The topological polar surface area (TPSA) is 21.3 Å². The van der Waals surface area contributed by atoms with Crippen LogP contribution in [-0.2, 0) is 4.74 Å². The minimum absolute atomic E-state index is 0.391. The summed E-state index contributed by atoms with van der Waals surface area (Å²) >= 11 is 0. The molecule has 0 saturated carbocycles. The van der Waals surface area contributed by atoms with Crippen molar-refractivity contribution in [2.45, 2.75) is 58.7 Å². The first-order chi connectivity index (χ1) is 8.56. The van der Waals surface area contributed by atoms with Gasteiger partial charge in [-0.2, -0.15) is 0 Å². The van der Waals surface area contributed by atoms with Crippen LogP contribution in [0, 0.1) is 13.8 Å². The van der Waals surface area contributed by atoms with Crippen LogP contribution in [0.3, 0.4) is 0 Å². The highest BCUT2D eigenvalue weighted by Crippen LogP contribution is 2.22. The predicted molar refractivity (Wildman–Crippen MR) is 75.9 cm³/mol. The van der Waals surface area contributed by atoms with Crippen molar-refractivity contribution in [2.75, 3.05) is 6.61 Å². The van der Waals surface area contributed by atoms with Gasteiger partial charge in [-0.3, -0.25) is 0 Å². The van der Waals surface area contributed by atoms with Crippen molar-refractivity contribution in [3.63, 3.8) is 0 Å². The Morgan fingerprint density at radius 2 is 2.11 bits per heavy atom. The first-order valence-electron chi connectivity index (χ1n) is 7.01. The van der Waals surface area contributed by atoms with Crippen molar-refractivity contribution in [2.24, 2.45) is 0 Å². The Morgan fingerprint density at radius 1 is 1.33 bits per heavy atom. The van der Waals surface area contributed by atoms with Gasteiger partial charge in [-0.25, -0.2) is 0 Å². The molecule has 0 amide bonds. The third kappa shape index (κ3) is 3.33. The van der Waals surface area contributed by atoms with Crippen LogP contribution in [0.2, 0.25) is 0 Å². The van der Waals surface area contributed by atoms with Gasteiger partial charge >= 0.3 is 0 Å². The van der Waals surface area contributed by atoms with Crippen molar-refractivity contribution in [1.82, 2.24) is 5.32 Å². The molecule has 0 bridgehead atoms. The number of rotatable bonds is 3. The molecule has 1 aromatic carbocycles. The van der Waals surface area contributed by atoms with E-state index >= 15 is 0 Å². The van der Waals surface area contributed by atoms with Gasteiger partial charge in [-0.15, -0.1) is 0 Å². The summed E-state index contributed by atoms with van der Waals surface area (Å²) in [5, 5.41) is 3.75. The molecule has 0 spiro atoms. The summed E-state index contributed by atoms with van der Waals surface area (Å²) < 4.78 is 5.60. The molecule has 2 nitrogen and oxygen atoms in total. The van der Waals surface area contributed by atoms with Crippen LogP contribution in [0.4, 0.5) is 0 Å². The SMILES string of the molecule is Cc1ccc(C)c(C(C)NC2CCOC(C)C2)c1. The van der Waals surface area contributed by atoms with Crippen LogP contribution in [0.5, 0.6) is 0 Å². The Balaban J connectivity index is 2.02. The molecule has 1 saturated heterocycles. The lowest BCUT2D eigenvalue weighted by Crippen LogP contribution is -2.39. The lowest BCUT2D eigenvalue weighted by atomic mass is 9.97. The number of aryl methyl sites for hydroxylation is 2. The molecule has 1 fully saturated rings. The summed E-state index contributed by atoms with van der Waals surface area (Å²) in [6, 6.07) is 7.71. The lowest BCUT2D eigenvalue weighted by molar-refractivity contribution is 0.0116. The van der Waals surface area contributed by atoms with Gasteiger partial charge in [-0.05, 0) is 51.7 Å². The minimum Gasteiger partial charge on any atom is -0.378 e. The summed E-state index contributed by atoms with van der Waals surface area (Å²) in [4.78, 5) is 0. The summed E-state index contributed by atoms with van der Waals surface area (Å²) in [6.07, 6.45) is 2.64. The molecule has 1 aliphatic heterocycles. The average molecular weight is 247 g/mol. The van der Waals surface area contributed by atoms with Crippen LogP contribution in [0.15, 0.2) is 18.2 Å². The van der Waals surface area contributed by atoms with Crippen LogP contribution >= 0.6 is 0 Å². The number of hydrogen-bond donors (Lipinski definition) is 1. The smallest absolute Gasteiger partial charge is 0.0561 e. The van der Waals surface area contributed by atoms with Gasteiger partial charge < -0.3 is 10.1 Å². The maximum absolute atomic E-state index is 5.60. The van der Waals surface area contributed by atoms with E-state index < -0.39 is 0 Å². The first-order valence-corrected chi connectivity index (χ1v) is 7.01. The molecule has 0 aromatic heterocycles. The summed E-state index contributed by atoms with van der Waals surface area (Å²) in [5.74, 6) is 0. The van der Waals surface area contributed by atoms with Crippen molar-refractivity contribution in [3.05, 3.63) is 34.9 Å². The maximum atomic E-state index is 5.60. The first kappa shape index (κ1) is 13.6. The second kappa shape index (κ2) is 5.85. The van der Waals surface area contributed by atoms with Crippen molar-refractivity contribution in [1.29, 1.82) is 0 Å². The zero-order valence-electron chi connectivity index (χ0n) is 12.0. The largest absolute Gasteiger partial charge is 0.378 e. The Labute approximate surface area is 111 Å². The Morgan fingerprint density at radius 3 is 2.83 bits per heavy atom. The van der Waals surface area contributed by atoms with E-state index in [2.05, 4.69) is 51.2 Å². The van der Waals surface area contributed by atoms with E-state index in [1.165, 1.54) is 16.7 Å².